The van der Waals surface area contributed by atoms with Crippen LogP contribution in [0.5, 0.6) is 0 Å². The number of hydrogen-bond donors (Lipinski definition) is 2. The van der Waals surface area contributed by atoms with Crippen LogP contribution in [-0.4, -0.2) is 42.5 Å². The second kappa shape index (κ2) is 7.41. The van der Waals surface area contributed by atoms with Crippen molar-refractivity contribution in [2.75, 3.05) is 19.6 Å². The van der Waals surface area contributed by atoms with E-state index in [0.717, 1.165) is 38.1 Å². The summed E-state index contributed by atoms with van der Waals surface area (Å²) in [6.07, 6.45) is 6.62. The van der Waals surface area contributed by atoms with Crippen molar-refractivity contribution in [3.63, 3.8) is 0 Å². The lowest BCUT2D eigenvalue weighted by Crippen LogP contribution is -2.47. The highest BCUT2D eigenvalue weighted by Crippen LogP contribution is 2.23. The van der Waals surface area contributed by atoms with Crippen LogP contribution in [0.1, 0.15) is 52.4 Å². The first-order valence-electron chi connectivity index (χ1n) is 8.33. The Morgan fingerprint density at radius 2 is 2.00 bits per heavy atom. The van der Waals surface area contributed by atoms with Gasteiger partial charge in [0.2, 0.25) is 5.91 Å². The maximum atomic E-state index is 12.2. The van der Waals surface area contributed by atoms with E-state index in [0.29, 0.717) is 6.04 Å². The second-order valence-corrected chi connectivity index (χ2v) is 6.94. The number of hydrogen-bond acceptors (Lipinski definition) is 3. The van der Waals surface area contributed by atoms with Gasteiger partial charge in [-0.15, -0.1) is 0 Å². The standard InChI is InChI=1S/C16H31N3O/c1-12-6-8-19(9-7-12)13(2)11-18-16(20)14-4-3-5-15(17)10-14/h12-15H,3-11,17H2,1-2H3,(H,18,20). The van der Waals surface area contributed by atoms with E-state index in [2.05, 4.69) is 24.1 Å². The number of carbonyl (C=O) groups is 1. The van der Waals surface area contributed by atoms with Crippen LogP contribution in [0.2, 0.25) is 0 Å². The first kappa shape index (κ1) is 15.8. The third-order valence-electron chi connectivity index (χ3n) is 5.10. The quantitative estimate of drug-likeness (QED) is 0.825. The second-order valence-electron chi connectivity index (χ2n) is 6.94. The summed E-state index contributed by atoms with van der Waals surface area (Å²) in [5, 5.41) is 3.15. The monoisotopic (exact) mass is 281 g/mol. The van der Waals surface area contributed by atoms with E-state index in [9.17, 15) is 4.79 Å². The molecule has 1 saturated carbocycles. The third kappa shape index (κ3) is 4.45. The molecule has 1 heterocycles. The summed E-state index contributed by atoms with van der Waals surface area (Å²) in [7, 11) is 0. The normalized spacial score (nSPS) is 30.9. The van der Waals surface area contributed by atoms with E-state index in [4.69, 9.17) is 5.73 Å². The number of amides is 1. The molecular weight excluding hydrogens is 250 g/mol. The van der Waals surface area contributed by atoms with Crippen molar-refractivity contribution in [2.45, 2.75) is 64.5 Å². The summed E-state index contributed by atoms with van der Waals surface area (Å²) in [4.78, 5) is 14.7. The highest BCUT2D eigenvalue weighted by molar-refractivity contribution is 5.78. The topological polar surface area (TPSA) is 58.4 Å². The molecule has 0 radical (unpaired) electrons. The van der Waals surface area contributed by atoms with Crippen molar-refractivity contribution in [1.29, 1.82) is 0 Å². The van der Waals surface area contributed by atoms with Crippen molar-refractivity contribution in [3.8, 4) is 0 Å². The van der Waals surface area contributed by atoms with Gasteiger partial charge in [-0.1, -0.05) is 13.3 Å². The lowest BCUT2D eigenvalue weighted by atomic mass is 9.85. The van der Waals surface area contributed by atoms with E-state index in [1.165, 1.54) is 25.9 Å². The lowest BCUT2D eigenvalue weighted by Gasteiger charge is -2.35. The Labute approximate surface area is 123 Å². The molecule has 3 unspecified atom stereocenters. The minimum atomic E-state index is 0.146. The molecule has 116 valence electrons. The molecule has 4 heteroatoms. The van der Waals surface area contributed by atoms with Gasteiger partial charge in [-0.25, -0.2) is 0 Å². The fourth-order valence-electron chi connectivity index (χ4n) is 3.46. The first-order valence-corrected chi connectivity index (χ1v) is 8.33. The largest absolute Gasteiger partial charge is 0.354 e. The van der Waals surface area contributed by atoms with Gasteiger partial charge >= 0.3 is 0 Å². The Morgan fingerprint density at radius 3 is 2.65 bits per heavy atom. The van der Waals surface area contributed by atoms with Gasteiger partial charge in [-0.2, -0.15) is 0 Å². The molecule has 2 fully saturated rings. The third-order valence-corrected chi connectivity index (χ3v) is 5.10. The van der Waals surface area contributed by atoms with Gasteiger partial charge in [-0.05, 0) is 58.0 Å². The zero-order valence-corrected chi connectivity index (χ0v) is 13.1. The molecule has 0 spiro atoms. The molecule has 0 aromatic rings. The van der Waals surface area contributed by atoms with Crippen molar-refractivity contribution in [1.82, 2.24) is 10.2 Å². The smallest absolute Gasteiger partial charge is 0.223 e. The summed E-state index contributed by atoms with van der Waals surface area (Å²) in [5.74, 6) is 1.22. The summed E-state index contributed by atoms with van der Waals surface area (Å²) >= 11 is 0. The van der Waals surface area contributed by atoms with E-state index >= 15 is 0 Å². The number of nitrogens with zero attached hydrogens (tertiary/aromatic N) is 1. The van der Waals surface area contributed by atoms with Crippen LogP contribution in [0.25, 0.3) is 0 Å². The number of likely N-dealkylation sites (tertiary alicyclic amines) is 1. The maximum absolute atomic E-state index is 12.2. The molecule has 2 aliphatic rings. The molecule has 3 N–H and O–H groups in total. The molecule has 0 bridgehead atoms. The molecular formula is C16H31N3O. The number of carbonyl (C=O) groups excluding carboxylic acids is 1. The predicted molar refractivity (Wildman–Crippen MR) is 82.4 cm³/mol. The van der Waals surface area contributed by atoms with Gasteiger partial charge < -0.3 is 11.1 Å². The fraction of sp³-hybridized carbons (Fsp3) is 0.938. The van der Waals surface area contributed by atoms with Crippen LogP contribution in [0, 0.1) is 11.8 Å². The van der Waals surface area contributed by atoms with Gasteiger partial charge in [0, 0.05) is 24.5 Å². The Balaban J connectivity index is 1.69. The molecule has 1 aliphatic heterocycles. The zero-order chi connectivity index (χ0) is 14.5. The van der Waals surface area contributed by atoms with Crippen molar-refractivity contribution >= 4 is 5.91 Å². The molecule has 0 aromatic carbocycles. The van der Waals surface area contributed by atoms with E-state index in [-0.39, 0.29) is 17.9 Å². The summed E-state index contributed by atoms with van der Waals surface area (Å²) in [6, 6.07) is 0.671. The number of nitrogens with two attached hydrogens (primary N) is 1. The molecule has 0 aromatic heterocycles. The van der Waals surface area contributed by atoms with Crippen molar-refractivity contribution in [2.24, 2.45) is 17.6 Å². The SMILES string of the molecule is CC1CCN(C(C)CNC(=O)C2CCCC(N)C2)CC1. The van der Waals surface area contributed by atoms with Gasteiger partial charge in [0.15, 0.2) is 0 Å². The van der Waals surface area contributed by atoms with Gasteiger partial charge in [0.1, 0.15) is 0 Å². The fourth-order valence-corrected chi connectivity index (χ4v) is 3.46. The van der Waals surface area contributed by atoms with Crippen LogP contribution in [0.15, 0.2) is 0 Å². The maximum Gasteiger partial charge on any atom is 0.223 e. The molecule has 1 aliphatic carbocycles. The minimum Gasteiger partial charge on any atom is -0.354 e. The molecule has 3 atom stereocenters. The highest BCUT2D eigenvalue weighted by Gasteiger charge is 2.26. The van der Waals surface area contributed by atoms with E-state index in [1.807, 2.05) is 0 Å². The highest BCUT2D eigenvalue weighted by atomic mass is 16.1. The Hall–Kier alpha value is -0.610. The zero-order valence-electron chi connectivity index (χ0n) is 13.1. The number of nitrogens with one attached hydrogen (secondary N) is 1. The Bertz CT molecular complexity index is 313. The predicted octanol–water partition coefficient (Wildman–Crippen LogP) is 1.74. The van der Waals surface area contributed by atoms with Crippen LogP contribution in [0.3, 0.4) is 0 Å². The number of rotatable bonds is 4. The average Bonchev–Trinajstić information content (AvgIpc) is 2.45. The van der Waals surface area contributed by atoms with Crippen LogP contribution in [-0.2, 0) is 4.79 Å². The first-order chi connectivity index (χ1) is 9.56. The van der Waals surface area contributed by atoms with Gasteiger partial charge in [0.05, 0.1) is 0 Å². The molecule has 2 rings (SSSR count). The van der Waals surface area contributed by atoms with Crippen molar-refractivity contribution < 1.29 is 4.79 Å². The molecule has 1 amide bonds. The Morgan fingerprint density at radius 1 is 1.30 bits per heavy atom. The van der Waals surface area contributed by atoms with Crippen LogP contribution in [0.4, 0.5) is 0 Å². The molecule has 20 heavy (non-hydrogen) atoms. The van der Waals surface area contributed by atoms with E-state index in [1.54, 1.807) is 0 Å². The average molecular weight is 281 g/mol. The van der Waals surface area contributed by atoms with Crippen LogP contribution < -0.4 is 11.1 Å². The lowest BCUT2D eigenvalue weighted by molar-refractivity contribution is -0.126. The summed E-state index contributed by atoms with van der Waals surface area (Å²) < 4.78 is 0. The summed E-state index contributed by atoms with van der Waals surface area (Å²) in [6.45, 7) is 7.68. The minimum absolute atomic E-state index is 0.146. The van der Waals surface area contributed by atoms with Gasteiger partial charge in [0.25, 0.3) is 0 Å². The Kier molecular flexibility index (Phi) is 5.85. The van der Waals surface area contributed by atoms with Crippen molar-refractivity contribution in [3.05, 3.63) is 0 Å². The van der Waals surface area contributed by atoms with E-state index < -0.39 is 0 Å². The molecule has 1 saturated heterocycles. The summed E-state index contributed by atoms with van der Waals surface area (Å²) in [5.41, 5.74) is 5.96. The van der Waals surface area contributed by atoms with Crippen LogP contribution >= 0.6 is 0 Å². The van der Waals surface area contributed by atoms with Gasteiger partial charge in [-0.3, -0.25) is 9.69 Å². The molecule has 4 nitrogen and oxygen atoms in total. The number of piperidine rings is 1.